The van der Waals surface area contributed by atoms with Gasteiger partial charge in [0.05, 0.1) is 18.0 Å². The molecule has 1 atom stereocenters. The Morgan fingerprint density at radius 1 is 1.36 bits per heavy atom. The molecule has 0 aliphatic heterocycles. The van der Waals surface area contributed by atoms with Crippen LogP contribution >= 0.6 is 27.5 Å². The summed E-state index contributed by atoms with van der Waals surface area (Å²) in [6, 6.07) is 6.84. The largest absolute Gasteiger partial charge is 0.396 e. The number of aliphatic hydroxyl groups is 1. The molecule has 130 valence electrons. The Balaban J connectivity index is 1.71. The average Bonchev–Trinajstić information content (AvgIpc) is 3.03. The van der Waals surface area contributed by atoms with E-state index in [9.17, 15) is 9.90 Å². The third kappa shape index (κ3) is 4.06. The van der Waals surface area contributed by atoms with Crippen LogP contribution in [-0.4, -0.2) is 25.0 Å². The van der Waals surface area contributed by atoms with Gasteiger partial charge < -0.3 is 15.4 Å². The molecule has 0 radical (unpaired) electrons. The first kappa shape index (κ1) is 17.6. The number of aliphatic hydroxyl groups excluding tert-OH is 1. The molecule has 0 spiro atoms. The van der Waals surface area contributed by atoms with E-state index in [2.05, 4.69) is 31.2 Å². The molecule has 0 saturated heterocycles. The molecule has 3 N–H and O–H groups in total. The van der Waals surface area contributed by atoms with Crippen LogP contribution in [0.1, 0.15) is 23.4 Å². The summed E-state index contributed by atoms with van der Waals surface area (Å²) in [4.78, 5) is 16.2. The van der Waals surface area contributed by atoms with E-state index in [0.717, 1.165) is 4.68 Å². The summed E-state index contributed by atoms with van der Waals surface area (Å²) < 4.78 is 6.48. The van der Waals surface area contributed by atoms with Crippen LogP contribution in [0.2, 0.25) is 5.02 Å². The maximum Gasteiger partial charge on any atom is 0.283 e. The van der Waals surface area contributed by atoms with Crippen LogP contribution < -0.4 is 11.3 Å². The van der Waals surface area contributed by atoms with Crippen LogP contribution in [0.4, 0.5) is 5.69 Å². The molecule has 10 heteroatoms. The Morgan fingerprint density at radius 3 is 2.80 bits per heavy atom. The summed E-state index contributed by atoms with van der Waals surface area (Å²) >= 11 is 8.93. The number of hydrogen-bond acceptors (Lipinski definition) is 7. The van der Waals surface area contributed by atoms with Gasteiger partial charge in [0.15, 0.2) is 5.82 Å². The van der Waals surface area contributed by atoms with Crippen LogP contribution in [0.15, 0.2) is 44.3 Å². The Kier molecular flexibility index (Phi) is 5.16. The van der Waals surface area contributed by atoms with Crippen molar-refractivity contribution in [1.82, 2.24) is 19.9 Å². The second kappa shape index (κ2) is 7.34. The number of anilines is 1. The van der Waals surface area contributed by atoms with Crippen molar-refractivity contribution in [3.63, 3.8) is 0 Å². The molecular formula is C15H13BrClN5O3. The summed E-state index contributed by atoms with van der Waals surface area (Å²) in [6.45, 7) is 0.00174. The van der Waals surface area contributed by atoms with E-state index in [-0.39, 0.29) is 29.0 Å². The highest BCUT2D eigenvalue weighted by molar-refractivity contribution is 9.10. The molecule has 3 rings (SSSR count). The van der Waals surface area contributed by atoms with Crippen LogP contribution in [0.3, 0.4) is 0 Å². The van der Waals surface area contributed by atoms with Crippen molar-refractivity contribution in [2.24, 2.45) is 0 Å². The highest BCUT2D eigenvalue weighted by atomic mass is 79.9. The molecule has 0 aliphatic rings. The zero-order chi connectivity index (χ0) is 18.0. The minimum Gasteiger partial charge on any atom is -0.396 e. The Bertz CT molecular complexity index is 941. The lowest BCUT2D eigenvalue weighted by Crippen LogP contribution is -2.25. The van der Waals surface area contributed by atoms with Crippen molar-refractivity contribution in [3.8, 4) is 0 Å². The van der Waals surface area contributed by atoms with Gasteiger partial charge in [-0.25, -0.2) is 4.68 Å². The first-order chi connectivity index (χ1) is 11.9. The van der Waals surface area contributed by atoms with E-state index in [1.807, 2.05) is 0 Å². The van der Waals surface area contributed by atoms with Crippen molar-refractivity contribution in [2.45, 2.75) is 19.1 Å². The summed E-state index contributed by atoms with van der Waals surface area (Å²) in [5, 5.41) is 18.5. The zero-order valence-electron chi connectivity index (χ0n) is 12.8. The van der Waals surface area contributed by atoms with Gasteiger partial charge in [0, 0.05) is 11.4 Å². The lowest BCUT2D eigenvalue weighted by atomic mass is 10.1. The minimum absolute atomic E-state index is 0.00174. The van der Waals surface area contributed by atoms with Gasteiger partial charge in [-0.2, -0.15) is 10.1 Å². The van der Waals surface area contributed by atoms with E-state index >= 15 is 0 Å². The summed E-state index contributed by atoms with van der Waals surface area (Å²) in [5.74, 6) is 0.518. The van der Waals surface area contributed by atoms with Crippen molar-refractivity contribution < 1.29 is 9.63 Å². The lowest BCUT2D eigenvalue weighted by molar-refractivity contribution is 0.174. The molecule has 1 aromatic carbocycles. The van der Waals surface area contributed by atoms with E-state index in [0.29, 0.717) is 16.4 Å². The SMILES string of the molecule is Nc1cnn(Cc2nc(C[C@H](O)c3ccc(Cl)cc3)no2)c(=O)c1Br. The zero-order valence-corrected chi connectivity index (χ0v) is 15.1. The minimum atomic E-state index is -0.797. The molecule has 8 nitrogen and oxygen atoms in total. The third-order valence-corrected chi connectivity index (χ3v) is 4.49. The normalized spacial score (nSPS) is 12.3. The van der Waals surface area contributed by atoms with Gasteiger partial charge in [0.2, 0.25) is 5.89 Å². The van der Waals surface area contributed by atoms with Gasteiger partial charge in [0.1, 0.15) is 11.0 Å². The maximum atomic E-state index is 12.0. The summed E-state index contributed by atoms with van der Waals surface area (Å²) in [7, 11) is 0. The molecule has 0 fully saturated rings. The fourth-order valence-corrected chi connectivity index (χ4v) is 2.56. The van der Waals surface area contributed by atoms with E-state index < -0.39 is 11.7 Å². The monoisotopic (exact) mass is 425 g/mol. The Morgan fingerprint density at radius 2 is 2.08 bits per heavy atom. The molecule has 0 bridgehead atoms. The fraction of sp³-hybridized carbons (Fsp3) is 0.200. The number of hydrogen-bond donors (Lipinski definition) is 2. The first-order valence-corrected chi connectivity index (χ1v) is 8.37. The number of nitrogens with zero attached hydrogens (tertiary/aromatic N) is 4. The molecule has 2 aromatic heterocycles. The first-order valence-electron chi connectivity index (χ1n) is 7.20. The molecule has 2 heterocycles. The number of aromatic nitrogens is 4. The van der Waals surface area contributed by atoms with Crippen molar-refractivity contribution in [3.05, 3.63) is 67.6 Å². The smallest absolute Gasteiger partial charge is 0.283 e. The number of benzene rings is 1. The molecule has 25 heavy (non-hydrogen) atoms. The van der Waals surface area contributed by atoms with Gasteiger partial charge in [-0.1, -0.05) is 28.9 Å². The van der Waals surface area contributed by atoms with Crippen molar-refractivity contribution in [1.29, 1.82) is 0 Å². The molecule has 0 aliphatic carbocycles. The van der Waals surface area contributed by atoms with Gasteiger partial charge in [-0.05, 0) is 33.6 Å². The van der Waals surface area contributed by atoms with Gasteiger partial charge >= 0.3 is 0 Å². The van der Waals surface area contributed by atoms with Gasteiger partial charge in [-0.3, -0.25) is 4.79 Å². The highest BCUT2D eigenvalue weighted by Crippen LogP contribution is 2.19. The quantitative estimate of drug-likeness (QED) is 0.639. The lowest BCUT2D eigenvalue weighted by Gasteiger charge is -2.08. The van der Waals surface area contributed by atoms with Gasteiger partial charge in [0.25, 0.3) is 5.56 Å². The fourth-order valence-electron chi connectivity index (χ4n) is 2.13. The molecular weight excluding hydrogens is 414 g/mol. The van der Waals surface area contributed by atoms with E-state index in [1.165, 1.54) is 6.20 Å². The van der Waals surface area contributed by atoms with Crippen molar-refractivity contribution in [2.75, 3.05) is 5.73 Å². The average molecular weight is 427 g/mol. The van der Waals surface area contributed by atoms with Crippen LogP contribution in [0.5, 0.6) is 0 Å². The second-order valence-corrected chi connectivity index (χ2v) is 6.48. The van der Waals surface area contributed by atoms with Crippen LogP contribution in [-0.2, 0) is 13.0 Å². The standard InChI is InChI=1S/C15H13BrClN5O3/c16-14-10(18)6-19-22(15(14)24)7-13-20-12(21-25-13)5-11(23)8-1-3-9(17)4-2-8/h1-4,6,11,23H,5,7,18H2/t11-/m0/s1. The second-order valence-electron chi connectivity index (χ2n) is 5.25. The number of rotatable bonds is 5. The molecule has 0 unspecified atom stereocenters. The van der Waals surface area contributed by atoms with E-state index in [1.54, 1.807) is 24.3 Å². The maximum absolute atomic E-state index is 12.0. The summed E-state index contributed by atoms with van der Waals surface area (Å²) in [6.07, 6.45) is 0.723. The third-order valence-electron chi connectivity index (χ3n) is 3.44. The molecule has 3 aromatic rings. The van der Waals surface area contributed by atoms with Crippen molar-refractivity contribution >= 4 is 33.2 Å². The van der Waals surface area contributed by atoms with Gasteiger partial charge in [-0.15, -0.1) is 0 Å². The number of halogens is 2. The van der Waals surface area contributed by atoms with Crippen LogP contribution in [0.25, 0.3) is 0 Å². The Hall–Kier alpha value is -2.23. The predicted molar refractivity (Wildman–Crippen MR) is 94.1 cm³/mol. The number of nitrogens with two attached hydrogens (primary N) is 1. The topological polar surface area (TPSA) is 120 Å². The van der Waals surface area contributed by atoms with E-state index in [4.69, 9.17) is 21.9 Å². The number of nitrogen functional groups attached to an aromatic ring is 1. The Labute approximate surface area is 155 Å². The summed E-state index contributed by atoms with van der Waals surface area (Å²) in [5.41, 5.74) is 6.13. The predicted octanol–water partition coefficient (Wildman–Crippen LogP) is 1.95. The van der Waals surface area contributed by atoms with Crippen LogP contribution in [0, 0.1) is 0 Å². The molecule has 0 saturated carbocycles. The highest BCUT2D eigenvalue weighted by Gasteiger charge is 2.15. The molecule has 0 amide bonds.